The number of nitrogens with two attached hydrogens (primary N) is 3. The van der Waals surface area contributed by atoms with Gasteiger partial charge in [0, 0.05) is 0 Å². The number of aliphatic imine (C=N–C) groups is 2. The van der Waals surface area contributed by atoms with Gasteiger partial charge in [0.1, 0.15) is 0 Å². The van der Waals surface area contributed by atoms with Crippen LogP contribution in [0, 0.1) is 0 Å². The Morgan fingerprint density at radius 2 is 1.84 bits per heavy atom. The number of hydrogen-bond acceptors (Lipinski definition) is 3. The summed E-state index contributed by atoms with van der Waals surface area (Å²) in [5.74, 6) is -0.447. The molecule has 0 atom stereocenters. The Bertz CT molecular complexity index is 489. The molecule has 0 saturated heterocycles. The summed E-state index contributed by atoms with van der Waals surface area (Å²) in [6.45, 7) is 2.14. The summed E-state index contributed by atoms with van der Waals surface area (Å²) in [6, 6.07) is 6.95. The Morgan fingerprint density at radius 3 is 2.37 bits per heavy atom. The van der Waals surface area contributed by atoms with Crippen LogP contribution in [0.25, 0.3) is 0 Å². The van der Waals surface area contributed by atoms with Crippen LogP contribution in [0.15, 0.2) is 34.3 Å². The van der Waals surface area contributed by atoms with Crippen molar-refractivity contribution in [3.05, 3.63) is 29.8 Å². The van der Waals surface area contributed by atoms with Crippen molar-refractivity contribution in [1.82, 2.24) is 0 Å². The smallest absolute Gasteiger partial charge is 0.310 e. The fourth-order valence-corrected chi connectivity index (χ4v) is 1.36. The molecule has 19 heavy (non-hydrogen) atoms. The van der Waals surface area contributed by atoms with Gasteiger partial charge in [-0.3, -0.25) is 4.79 Å². The quantitative estimate of drug-likeness (QED) is 0.400. The van der Waals surface area contributed by atoms with E-state index < -0.39 is 0 Å². The summed E-state index contributed by atoms with van der Waals surface area (Å²) in [4.78, 5) is 18.9. The van der Waals surface area contributed by atoms with E-state index in [1.807, 2.05) is 0 Å². The third-order valence-electron chi connectivity index (χ3n) is 2.08. The van der Waals surface area contributed by atoms with E-state index in [1.54, 1.807) is 31.2 Å². The van der Waals surface area contributed by atoms with Gasteiger partial charge in [0.25, 0.3) is 0 Å². The van der Waals surface area contributed by atoms with E-state index in [0.717, 1.165) is 5.56 Å². The number of hydrogen-bond donors (Lipinski definition) is 3. The van der Waals surface area contributed by atoms with Gasteiger partial charge < -0.3 is 21.9 Å². The topological polar surface area (TPSA) is 129 Å². The monoisotopic (exact) mass is 263 g/mol. The van der Waals surface area contributed by atoms with Gasteiger partial charge in [0.05, 0.1) is 18.7 Å². The van der Waals surface area contributed by atoms with Crippen molar-refractivity contribution in [2.75, 3.05) is 6.61 Å². The summed E-state index contributed by atoms with van der Waals surface area (Å²) in [6.07, 6.45) is 0.223. The van der Waals surface area contributed by atoms with Crippen LogP contribution in [0.2, 0.25) is 0 Å². The van der Waals surface area contributed by atoms with Gasteiger partial charge >= 0.3 is 5.97 Å². The van der Waals surface area contributed by atoms with Crippen molar-refractivity contribution < 1.29 is 9.53 Å². The van der Waals surface area contributed by atoms with E-state index >= 15 is 0 Å². The molecule has 102 valence electrons. The Kier molecular flexibility index (Phi) is 5.34. The zero-order valence-corrected chi connectivity index (χ0v) is 10.7. The van der Waals surface area contributed by atoms with Gasteiger partial charge in [-0.15, -0.1) is 0 Å². The largest absolute Gasteiger partial charge is 0.466 e. The molecule has 0 amide bonds. The SMILES string of the molecule is CCOC(=O)Cc1ccc(N=C(N)N=C(N)N)cc1. The van der Waals surface area contributed by atoms with Gasteiger partial charge in [-0.05, 0) is 24.6 Å². The van der Waals surface area contributed by atoms with Crippen molar-refractivity contribution in [1.29, 1.82) is 0 Å². The molecule has 0 radical (unpaired) electrons. The molecule has 0 aliphatic carbocycles. The zero-order valence-electron chi connectivity index (χ0n) is 10.7. The first kappa shape index (κ1) is 14.5. The predicted molar refractivity (Wildman–Crippen MR) is 73.9 cm³/mol. The number of rotatable bonds is 4. The van der Waals surface area contributed by atoms with Crippen LogP contribution in [0.1, 0.15) is 12.5 Å². The van der Waals surface area contributed by atoms with Crippen LogP contribution in [0.4, 0.5) is 5.69 Å². The average molecular weight is 263 g/mol. The molecule has 0 aromatic heterocycles. The lowest BCUT2D eigenvalue weighted by atomic mass is 10.1. The first-order valence-electron chi connectivity index (χ1n) is 5.69. The van der Waals surface area contributed by atoms with Gasteiger partial charge in [0.2, 0.25) is 5.96 Å². The van der Waals surface area contributed by atoms with Crippen LogP contribution >= 0.6 is 0 Å². The molecule has 6 N–H and O–H groups in total. The second kappa shape index (κ2) is 7.00. The van der Waals surface area contributed by atoms with Crippen LogP contribution in [0.3, 0.4) is 0 Å². The lowest BCUT2D eigenvalue weighted by Gasteiger charge is -2.02. The van der Waals surface area contributed by atoms with Gasteiger partial charge in [-0.2, -0.15) is 4.99 Å². The molecule has 0 unspecified atom stereocenters. The van der Waals surface area contributed by atoms with E-state index in [-0.39, 0.29) is 24.3 Å². The maximum absolute atomic E-state index is 11.3. The third-order valence-corrected chi connectivity index (χ3v) is 2.08. The summed E-state index contributed by atoms with van der Waals surface area (Å²) in [5, 5.41) is 0. The number of benzene rings is 1. The maximum Gasteiger partial charge on any atom is 0.310 e. The van der Waals surface area contributed by atoms with E-state index in [2.05, 4.69) is 9.98 Å². The number of carbonyl (C=O) groups excluding carboxylic acids is 1. The molecule has 1 aromatic rings. The fraction of sp³-hybridized carbons (Fsp3) is 0.250. The minimum Gasteiger partial charge on any atom is -0.466 e. The molecule has 0 heterocycles. The van der Waals surface area contributed by atoms with Crippen LogP contribution in [-0.2, 0) is 16.0 Å². The number of carbonyl (C=O) groups is 1. The second-order valence-corrected chi connectivity index (χ2v) is 3.65. The lowest BCUT2D eigenvalue weighted by molar-refractivity contribution is -0.142. The highest BCUT2D eigenvalue weighted by atomic mass is 16.5. The minimum absolute atomic E-state index is 0.0295. The van der Waals surface area contributed by atoms with Crippen molar-refractivity contribution in [2.45, 2.75) is 13.3 Å². The van der Waals surface area contributed by atoms with E-state index in [9.17, 15) is 4.79 Å². The minimum atomic E-state index is -0.265. The normalized spacial score (nSPS) is 10.9. The summed E-state index contributed by atoms with van der Waals surface area (Å²) < 4.78 is 4.85. The molecule has 0 bridgehead atoms. The summed E-state index contributed by atoms with van der Waals surface area (Å²) in [7, 11) is 0. The number of nitrogens with zero attached hydrogens (tertiary/aromatic N) is 2. The molecular formula is C12H17N5O2. The Hall–Kier alpha value is -2.57. The number of guanidine groups is 2. The first-order chi connectivity index (χ1) is 9.01. The lowest BCUT2D eigenvalue weighted by Crippen LogP contribution is -2.26. The third kappa shape index (κ3) is 5.53. The fourth-order valence-electron chi connectivity index (χ4n) is 1.36. The second-order valence-electron chi connectivity index (χ2n) is 3.65. The van der Waals surface area contributed by atoms with Crippen LogP contribution in [-0.4, -0.2) is 24.5 Å². The highest BCUT2D eigenvalue weighted by Crippen LogP contribution is 2.13. The number of esters is 1. The van der Waals surface area contributed by atoms with Crippen molar-refractivity contribution >= 4 is 23.6 Å². The van der Waals surface area contributed by atoms with E-state index in [0.29, 0.717) is 12.3 Å². The highest BCUT2D eigenvalue weighted by molar-refractivity contribution is 5.93. The van der Waals surface area contributed by atoms with Gasteiger partial charge in [-0.25, -0.2) is 4.99 Å². The molecule has 0 aliphatic rings. The Labute approximate surface area is 111 Å². The molecule has 0 spiro atoms. The maximum atomic E-state index is 11.3. The van der Waals surface area contributed by atoms with Crippen molar-refractivity contribution in [3.8, 4) is 0 Å². The van der Waals surface area contributed by atoms with Crippen LogP contribution in [0.5, 0.6) is 0 Å². The van der Waals surface area contributed by atoms with E-state index in [1.165, 1.54) is 0 Å². The molecule has 7 nitrogen and oxygen atoms in total. The standard InChI is InChI=1S/C12H17N5O2/c1-2-19-10(18)7-8-3-5-9(6-4-8)16-12(15)17-11(13)14/h3-6H,2,7H2,1H3,(H6,13,14,15,16,17). The molecule has 7 heteroatoms. The zero-order chi connectivity index (χ0) is 14.3. The molecule has 0 fully saturated rings. The summed E-state index contributed by atoms with van der Waals surface area (Å²) in [5.41, 5.74) is 17.3. The van der Waals surface area contributed by atoms with Crippen molar-refractivity contribution in [2.24, 2.45) is 27.2 Å². The molecule has 1 rings (SSSR count). The number of ether oxygens (including phenoxy) is 1. The molecule has 0 saturated carbocycles. The van der Waals surface area contributed by atoms with E-state index in [4.69, 9.17) is 21.9 Å². The molecular weight excluding hydrogens is 246 g/mol. The predicted octanol–water partition coefficient (Wildman–Crippen LogP) is 0.0118. The Morgan fingerprint density at radius 1 is 1.21 bits per heavy atom. The molecule has 0 aliphatic heterocycles. The Balaban J connectivity index is 2.71. The average Bonchev–Trinajstić information content (AvgIpc) is 2.31. The molecule has 1 aromatic carbocycles. The van der Waals surface area contributed by atoms with Gasteiger partial charge in [-0.1, -0.05) is 12.1 Å². The van der Waals surface area contributed by atoms with Gasteiger partial charge in [0.15, 0.2) is 5.96 Å². The van der Waals surface area contributed by atoms with Crippen molar-refractivity contribution in [3.63, 3.8) is 0 Å². The highest BCUT2D eigenvalue weighted by Gasteiger charge is 2.03. The van der Waals surface area contributed by atoms with Crippen LogP contribution < -0.4 is 17.2 Å². The summed E-state index contributed by atoms with van der Waals surface area (Å²) >= 11 is 0. The first-order valence-corrected chi connectivity index (χ1v) is 5.69.